The van der Waals surface area contributed by atoms with Crippen LogP contribution in [-0.4, -0.2) is 22.8 Å². The number of ketones is 2. The molecule has 0 radical (unpaired) electrons. The number of allylic oxidation sites excluding steroid dienone is 2. The van der Waals surface area contributed by atoms with Crippen molar-refractivity contribution in [3.63, 3.8) is 0 Å². The number of aliphatic hydroxyl groups excluding tert-OH is 1. The van der Waals surface area contributed by atoms with Gasteiger partial charge in [-0.2, -0.15) is 0 Å². The SMILES string of the molecule is CC1(C)C(O)CC[C@]2(C)C3=C[C@@H]4CC(c5ccc(F)cc5)[C@@]3(CCC12)C(=O)C4=O. The molecule has 154 valence electrons. The first-order chi connectivity index (χ1) is 13.6. The molecule has 5 aliphatic carbocycles. The largest absolute Gasteiger partial charge is 0.393 e. The fraction of sp³-hybridized carbons (Fsp3) is 0.600. The zero-order chi connectivity index (χ0) is 20.8. The van der Waals surface area contributed by atoms with Gasteiger partial charge < -0.3 is 5.11 Å². The maximum absolute atomic E-state index is 13.6. The van der Waals surface area contributed by atoms with Gasteiger partial charge in [0.05, 0.1) is 11.5 Å². The summed E-state index contributed by atoms with van der Waals surface area (Å²) in [6, 6.07) is 6.48. The van der Waals surface area contributed by atoms with Crippen molar-refractivity contribution in [2.45, 2.75) is 64.9 Å². The summed E-state index contributed by atoms with van der Waals surface area (Å²) in [5, 5.41) is 10.7. The summed E-state index contributed by atoms with van der Waals surface area (Å²) in [5.74, 6) is -0.949. The van der Waals surface area contributed by atoms with Gasteiger partial charge in [-0.15, -0.1) is 0 Å². The van der Waals surface area contributed by atoms with Crippen LogP contribution >= 0.6 is 0 Å². The van der Waals surface area contributed by atoms with Gasteiger partial charge in [0.2, 0.25) is 11.6 Å². The van der Waals surface area contributed by atoms with Crippen molar-refractivity contribution in [1.29, 1.82) is 0 Å². The van der Waals surface area contributed by atoms with Crippen LogP contribution < -0.4 is 0 Å². The lowest BCUT2D eigenvalue weighted by molar-refractivity contribution is -0.157. The predicted octanol–water partition coefficient (Wildman–Crippen LogP) is 4.59. The van der Waals surface area contributed by atoms with Crippen LogP contribution in [0.5, 0.6) is 0 Å². The topological polar surface area (TPSA) is 54.4 Å². The van der Waals surface area contributed by atoms with Crippen molar-refractivity contribution < 1.29 is 19.1 Å². The minimum atomic E-state index is -0.798. The Bertz CT molecular complexity index is 930. The number of hydrogen-bond acceptors (Lipinski definition) is 3. The molecule has 1 aromatic rings. The molecule has 1 aromatic carbocycles. The van der Waals surface area contributed by atoms with Crippen molar-refractivity contribution in [1.82, 2.24) is 0 Å². The van der Waals surface area contributed by atoms with E-state index in [1.54, 1.807) is 12.1 Å². The van der Waals surface area contributed by atoms with Gasteiger partial charge in [0.25, 0.3) is 0 Å². The third-order valence-electron chi connectivity index (χ3n) is 9.08. The highest BCUT2D eigenvalue weighted by Gasteiger charge is 2.68. The molecule has 1 N–H and O–H groups in total. The van der Waals surface area contributed by atoms with Crippen molar-refractivity contribution in [3.8, 4) is 0 Å². The Kier molecular flexibility index (Phi) is 3.88. The van der Waals surface area contributed by atoms with E-state index < -0.39 is 5.41 Å². The summed E-state index contributed by atoms with van der Waals surface area (Å²) < 4.78 is 13.6. The first-order valence-corrected chi connectivity index (χ1v) is 10.9. The van der Waals surface area contributed by atoms with Crippen LogP contribution in [0.2, 0.25) is 0 Å². The standard InChI is InChI=1S/C25H29FO3/c1-23(2)18-8-11-25-17(14-4-6-16(26)7-5-14)12-15(21(28)22(25)29)13-19(25)24(18,3)10-9-20(23)27/h4-7,13,15,17-18,20,27H,8-12H2,1-3H3/t15-,17?,18?,20?,24-,25+/m0/s1. The maximum atomic E-state index is 13.6. The quantitative estimate of drug-likeness (QED) is 0.558. The molecule has 3 saturated carbocycles. The molecule has 0 saturated heterocycles. The second kappa shape index (κ2) is 5.87. The fourth-order valence-electron chi connectivity index (χ4n) is 7.57. The van der Waals surface area contributed by atoms with Gasteiger partial charge >= 0.3 is 0 Å². The lowest BCUT2D eigenvalue weighted by Crippen LogP contribution is -2.63. The molecule has 3 fully saturated rings. The number of aliphatic hydroxyl groups is 1. The molecule has 0 heterocycles. The number of hydrogen-bond donors (Lipinski definition) is 1. The molecular weight excluding hydrogens is 367 g/mol. The monoisotopic (exact) mass is 396 g/mol. The second-order valence-corrected chi connectivity index (χ2v) is 10.6. The number of rotatable bonds is 1. The van der Waals surface area contributed by atoms with E-state index in [0.29, 0.717) is 19.3 Å². The molecule has 2 bridgehead atoms. The summed E-state index contributed by atoms with van der Waals surface area (Å²) in [4.78, 5) is 26.3. The highest BCUT2D eigenvalue weighted by molar-refractivity contribution is 6.43. The van der Waals surface area contributed by atoms with E-state index in [4.69, 9.17) is 0 Å². The Morgan fingerprint density at radius 3 is 2.41 bits per heavy atom. The zero-order valence-electron chi connectivity index (χ0n) is 17.4. The molecule has 29 heavy (non-hydrogen) atoms. The third kappa shape index (κ3) is 2.27. The van der Waals surface area contributed by atoms with E-state index in [0.717, 1.165) is 24.0 Å². The van der Waals surface area contributed by atoms with Crippen LogP contribution in [0.25, 0.3) is 0 Å². The minimum absolute atomic E-state index is 0.0777. The Morgan fingerprint density at radius 1 is 1.03 bits per heavy atom. The molecule has 0 amide bonds. The number of fused-ring (bicyclic) bond motifs is 3. The summed E-state index contributed by atoms with van der Waals surface area (Å²) in [7, 11) is 0. The molecule has 6 rings (SSSR count). The van der Waals surface area contributed by atoms with E-state index in [1.165, 1.54) is 12.1 Å². The smallest absolute Gasteiger partial charge is 0.209 e. The average Bonchev–Trinajstić information content (AvgIpc) is 2.69. The summed E-state index contributed by atoms with van der Waals surface area (Å²) in [5.41, 5.74) is 0.864. The van der Waals surface area contributed by atoms with Gasteiger partial charge in [-0.3, -0.25) is 9.59 Å². The van der Waals surface area contributed by atoms with Gasteiger partial charge in [-0.05, 0) is 66.5 Å². The number of benzene rings is 1. The van der Waals surface area contributed by atoms with Crippen LogP contribution in [0.15, 0.2) is 35.9 Å². The van der Waals surface area contributed by atoms with E-state index in [1.807, 2.05) is 0 Å². The van der Waals surface area contributed by atoms with E-state index in [2.05, 4.69) is 26.8 Å². The average molecular weight is 397 g/mol. The van der Waals surface area contributed by atoms with Crippen molar-refractivity contribution in [2.75, 3.05) is 0 Å². The van der Waals surface area contributed by atoms with Gasteiger partial charge in [0.1, 0.15) is 5.82 Å². The molecule has 0 aliphatic heterocycles. The van der Waals surface area contributed by atoms with Gasteiger partial charge in [0, 0.05) is 11.8 Å². The highest BCUT2D eigenvalue weighted by Crippen LogP contribution is 2.70. The first-order valence-electron chi connectivity index (χ1n) is 10.9. The second-order valence-electron chi connectivity index (χ2n) is 10.6. The third-order valence-corrected chi connectivity index (χ3v) is 9.08. The van der Waals surface area contributed by atoms with Gasteiger partial charge in [-0.25, -0.2) is 4.39 Å². The fourth-order valence-corrected chi connectivity index (χ4v) is 7.57. The van der Waals surface area contributed by atoms with Crippen molar-refractivity contribution >= 4 is 11.6 Å². The summed E-state index contributed by atoms with van der Waals surface area (Å²) in [6.45, 7) is 6.53. The van der Waals surface area contributed by atoms with Crippen molar-refractivity contribution in [3.05, 3.63) is 47.3 Å². The van der Waals surface area contributed by atoms with Crippen LogP contribution in [-0.2, 0) is 9.59 Å². The van der Waals surface area contributed by atoms with Crippen LogP contribution in [0.4, 0.5) is 4.39 Å². The van der Waals surface area contributed by atoms with Crippen LogP contribution in [0.1, 0.15) is 64.4 Å². The van der Waals surface area contributed by atoms with Crippen molar-refractivity contribution in [2.24, 2.45) is 28.1 Å². The number of carbonyl (C=O) groups is 2. The summed E-state index contributed by atoms with van der Waals surface area (Å²) in [6.07, 6.45) is 5.40. The summed E-state index contributed by atoms with van der Waals surface area (Å²) >= 11 is 0. The predicted molar refractivity (Wildman–Crippen MR) is 108 cm³/mol. The first kappa shape index (κ1) is 19.2. The normalized spacial score (nSPS) is 42.9. The maximum Gasteiger partial charge on any atom is 0.209 e. The Labute approximate surface area is 171 Å². The van der Waals surface area contributed by atoms with E-state index in [-0.39, 0.29) is 52.1 Å². The Balaban J connectivity index is 1.68. The lowest BCUT2D eigenvalue weighted by Gasteiger charge is -2.65. The minimum Gasteiger partial charge on any atom is -0.393 e. The van der Waals surface area contributed by atoms with E-state index >= 15 is 0 Å². The Morgan fingerprint density at radius 2 is 1.72 bits per heavy atom. The lowest BCUT2D eigenvalue weighted by atomic mass is 9.38. The number of halogens is 1. The van der Waals surface area contributed by atoms with E-state index in [9.17, 15) is 19.1 Å². The molecule has 6 atom stereocenters. The molecule has 4 heteroatoms. The van der Waals surface area contributed by atoms with Gasteiger partial charge in [0.15, 0.2) is 0 Å². The molecule has 3 unspecified atom stereocenters. The number of carbonyl (C=O) groups excluding carboxylic acids is 2. The molecule has 1 spiro atoms. The molecular formula is C25H29FO3. The number of Topliss-reactive ketones (excluding diaryl/α,β-unsaturated/α-hetero) is 2. The molecule has 0 aromatic heterocycles. The van der Waals surface area contributed by atoms with Gasteiger partial charge in [-0.1, -0.05) is 44.6 Å². The van der Waals surface area contributed by atoms with Crippen LogP contribution in [0.3, 0.4) is 0 Å². The molecule has 5 aliphatic rings. The van der Waals surface area contributed by atoms with Crippen LogP contribution in [0, 0.1) is 33.9 Å². The Hall–Kier alpha value is -1.81. The molecule has 3 nitrogen and oxygen atoms in total. The zero-order valence-corrected chi connectivity index (χ0v) is 17.4. The highest BCUT2D eigenvalue weighted by atomic mass is 19.1.